The molecular weight excluding hydrogens is 344 g/mol. The van der Waals surface area contributed by atoms with Crippen LogP contribution in [0.5, 0.6) is 11.5 Å². The van der Waals surface area contributed by atoms with Gasteiger partial charge in [0.05, 0.1) is 31.6 Å². The predicted molar refractivity (Wildman–Crippen MR) is 104 cm³/mol. The molecule has 0 spiro atoms. The second-order valence-electron chi connectivity index (χ2n) is 5.85. The molecule has 8 heteroatoms. The molecule has 0 aliphatic carbocycles. The monoisotopic (exact) mass is 362 g/mol. The number of anilines is 3. The van der Waals surface area contributed by atoms with Crippen LogP contribution in [-0.2, 0) is 0 Å². The van der Waals surface area contributed by atoms with Crippen LogP contribution in [0.4, 0.5) is 17.5 Å². The molecule has 0 unspecified atom stereocenters. The molecule has 27 heavy (non-hydrogen) atoms. The van der Waals surface area contributed by atoms with Crippen molar-refractivity contribution in [1.82, 2.24) is 20.2 Å². The Morgan fingerprint density at radius 3 is 2.56 bits per heavy atom. The summed E-state index contributed by atoms with van der Waals surface area (Å²) in [7, 11) is 3.22. The number of nitrogens with zero attached hydrogens (tertiary/aromatic N) is 3. The highest BCUT2D eigenvalue weighted by Gasteiger charge is 2.13. The van der Waals surface area contributed by atoms with Gasteiger partial charge in [-0.2, -0.15) is 10.1 Å². The number of benzene rings is 2. The first kappa shape index (κ1) is 16.6. The molecule has 2 aromatic heterocycles. The lowest BCUT2D eigenvalue weighted by Gasteiger charge is -2.14. The summed E-state index contributed by atoms with van der Waals surface area (Å²) in [6, 6.07) is 11.4. The molecular formula is C19H18N6O2. The number of methoxy groups -OCH3 is 2. The zero-order valence-corrected chi connectivity index (χ0v) is 14.9. The molecule has 0 aliphatic rings. The van der Waals surface area contributed by atoms with Crippen molar-refractivity contribution < 1.29 is 9.47 Å². The summed E-state index contributed by atoms with van der Waals surface area (Å²) in [5.41, 5.74) is 9.22. The molecule has 0 atom stereocenters. The van der Waals surface area contributed by atoms with Crippen molar-refractivity contribution >= 4 is 28.4 Å². The van der Waals surface area contributed by atoms with Crippen LogP contribution < -0.4 is 20.5 Å². The van der Waals surface area contributed by atoms with Crippen LogP contribution >= 0.6 is 0 Å². The Kier molecular flexibility index (Phi) is 4.21. The van der Waals surface area contributed by atoms with Crippen molar-refractivity contribution in [2.24, 2.45) is 0 Å². The van der Waals surface area contributed by atoms with Gasteiger partial charge >= 0.3 is 0 Å². The fourth-order valence-electron chi connectivity index (χ4n) is 2.87. The molecule has 136 valence electrons. The van der Waals surface area contributed by atoms with Gasteiger partial charge in [-0.25, -0.2) is 4.98 Å². The number of H-pyrrole nitrogens is 1. The lowest BCUT2D eigenvalue weighted by molar-refractivity contribution is 0.394. The minimum atomic E-state index is 0.176. The highest BCUT2D eigenvalue weighted by Crippen LogP contribution is 2.35. The third-order valence-electron chi connectivity index (χ3n) is 4.21. The number of hydrogen-bond acceptors (Lipinski definition) is 7. The first-order valence-electron chi connectivity index (χ1n) is 8.23. The smallest absolute Gasteiger partial charge is 0.221 e. The number of hydrogen-bond donors (Lipinski definition) is 3. The molecule has 8 nitrogen and oxygen atoms in total. The summed E-state index contributed by atoms with van der Waals surface area (Å²) in [6.07, 6.45) is 3.44. The molecule has 0 saturated carbocycles. The fourth-order valence-corrected chi connectivity index (χ4v) is 2.87. The van der Waals surface area contributed by atoms with E-state index in [0.717, 1.165) is 27.7 Å². The van der Waals surface area contributed by atoms with Gasteiger partial charge in [0.1, 0.15) is 17.3 Å². The molecule has 4 N–H and O–H groups in total. The maximum atomic E-state index is 5.83. The van der Waals surface area contributed by atoms with Gasteiger partial charge in [0.2, 0.25) is 5.95 Å². The van der Waals surface area contributed by atoms with E-state index in [4.69, 9.17) is 15.2 Å². The van der Waals surface area contributed by atoms with Crippen molar-refractivity contribution in [3.63, 3.8) is 0 Å². The van der Waals surface area contributed by atoms with Crippen molar-refractivity contribution in [3.8, 4) is 22.6 Å². The average molecular weight is 362 g/mol. The molecule has 2 heterocycles. The number of nitrogens with two attached hydrogens (primary N) is 1. The number of fused-ring (bicyclic) bond motifs is 1. The first-order valence-corrected chi connectivity index (χ1v) is 8.23. The Bertz CT molecular complexity index is 1090. The maximum absolute atomic E-state index is 5.83. The van der Waals surface area contributed by atoms with E-state index in [1.165, 1.54) is 0 Å². The number of rotatable bonds is 5. The Hall–Kier alpha value is -3.81. The van der Waals surface area contributed by atoms with E-state index in [2.05, 4.69) is 25.5 Å². The standard InChI is InChI=1S/C19H18N6O2/c1-26-12-6-11(7-13(8-12)27-2)14-9-21-19(20)24-18(14)23-16-4-3-5-17-15(16)10-22-25-17/h3-10H,1-2H3,(H,22,25)(H3,20,21,23,24). The summed E-state index contributed by atoms with van der Waals surface area (Å²) in [6.45, 7) is 0. The summed E-state index contributed by atoms with van der Waals surface area (Å²) < 4.78 is 10.7. The molecule has 0 saturated heterocycles. The molecule has 0 bridgehead atoms. The van der Waals surface area contributed by atoms with Gasteiger partial charge < -0.3 is 20.5 Å². The van der Waals surface area contributed by atoms with E-state index < -0.39 is 0 Å². The number of ether oxygens (including phenoxy) is 2. The Morgan fingerprint density at radius 1 is 1.04 bits per heavy atom. The van der Waals surface area contributed by atoms with E-state index >= 15 is 0 Å². The van der Waals surface area contributed by atoms with Crippen LogP contribution in [0.25, 0.3) is 22.0 Å². The van der Waals surface area contributed by atoms with Crippen molar-refractivity contribution in [2.45, 2.75) is 0 Å². The summed E-state index contributed by atoms with van der Waals surface area (Å²) in [5.74, 6) is 2.09. The Balaban J connectivity index is 1.83. The largest absolute Gasteiger partial charge is 0.497 e. The van der Waals surface area contributed by atoms with Crippen molar-refractivity contribution in [1.29, 1.82) is 0 Å². The average Bonchev–Trinajstić information content (AvgIpc) is 3.17. The van der Waals surface area contributed by atoms with Crippen LogP contribution in [0.1, 0.15) is 0 Å². The van der Waals surface area contributed by atoms with Gasteiger partial charge in [-0.15, -0.1) is 0 Å². The van der Waals surface area contributed by atoms with Crippen LogP contribution in [0.2, 0.25) is 0 Å². The van der Waals surface area contributed by atoms with Crippen LogP contribution in [0.3, 0.4) is 0 Å². The molecule has 0 amide bonds. The highest BCUT2D eigenvalue weighted by atomic mass is 16.5. The number of aromatic amines is 1. The molecule has 2 aromatic carbocycles. The maximum Gasteiger partial charge on any atom is 0.221 e. The van der Waals surface area contributed by atoms with Crippen LogP contribution in [0.15, 0.2) is 48.8 Å². The zero-order valence-electron chi connectivity index (χ0n) is 14.9. The molecule has 0 fully saturated rings. The van der Waals surface area contributed by atoms with E-state index in [1.54, 1.807) is 32.7 Å². The second-order valence-corrected chi connectivity index (χ2v) is 5.85. The third kappa shape index (κ3) is 3.20. The minimum absolute atomic E-state index is 0.176. The van der Waals surface area contributed by atoms with Gasteiger partial charge in [-0.1, -0.05) is 6.07 Å². The zero-order chi connectivity index (χ0) is 18.8. The normalized spacial score (nSPS) is 10.7. The quantitative estimate of drug-likeness (QED) is 0.499. The SMILES string of the molecule is COc1cc(OC)cc(-c2cnc(N)nc2Nc2cccc3[nH]ncc23)c1. The Labute approximate surface area is 155 Å². The highest BCUT2D eigenvalue weighted by molar-refractivity contribution is 5.94. The topological polar surface area (TPSA) is 111 Å². The van der Waals surface area contributed by atoms with E-state index in [1.807, 2.05) is 30.3 Å². The lowest BCUT2D eigenvalue weighted by atomic mass is 10.1. The summed E-state index contributed by atoms with van der Waals surface area (Å²) >= 11 is 0. The third-order valence-corrected chi connectivity index (χ3v) is 4.21. The van der Waals surface area contributed by atoms with Gasteiger partial charge in [-0.05, 0) is 29.8 Å². The molecule has 4 rings (SSSR count). The number of aromatic nitrogens is 4. The summed E-state index contributed by atoms with van der Waals surface area (Å²) in [4.78, 5) is 8.54. The van der Waals surface area contributed by atoms with Gasteiger partial charge in [-0.3, -0.25) is 5.10 Å². The van der Waals surface area contributed by atoms with Gasteiger partial charge in [0, 0.05) is 23.2 Å². The molecule has 0 aliphatic heterocycles. The fraction of sp³-hybridized carbons (Fsp3) is 0.105. The predicted octanol–water partition coefficient (Wildman–Crippen LogP) is 3.36. The van der Waals surface area contributed by atoms with Gasteiger partial charge in [0.15, 0.2) is 0 Å². The van der Waals surface area contributed by atoms with Crippen LogP contribution in [0, 0.1) is 0 Å². The molecule has 4 aromatic rings. The Morgan fingerprint density at radius 2 is 1.81 bits per heavy atom. The van der Waals surface area contributed by atoms with Crippen molar-refractivity contribution in [2.75, 3.05) is 25.3 Å². The molecule has 0 radical (unpaired) electrons. The van der Waals surface area contributed by atoms with Crippen molar-refractivity contribution in [3.05, 3.63) is 48.8 Å². The first-order chi connectivity index (χ1) is 13.2. The van der Waals surface area contributed by atoms with E-state index in [0.29, 0.717) is 17.3 Å². The number of nitrogen functional groups attached to an aromatic ring is 1. The van der Waals surface area contributed by atoms with E-state index in [9.17, 15) is 0 Å². The minimum Gasteiger partial charge on any atom is -0.497 e. The van der Waals surface area contributed by atoms with Crippen LogP contribution in [-0.4, -0.2) is 34.4 Å². The second kappa shape index (κ2) is 6.83. The lowest BCUT2D eigenvalue weighted by Crippen LogP contribution is -2.02. The van der Waals surface area contributed by atoms with Gasteiger partial charge in [0.25, 0.3) is 0 Å². The summed E-state index contributed by atoms with van der Waals surface area (Å²) in [5, 5.41) is 11.3. The number of nitrogens with one attached hydrogen (secondary N) is 2. The van der Waals surface area contributed by atoms with E-state index in [-0.39, 0.29) is 5.95 Å².